The highest BCUT2D eigenvalue weighted by Crippen LogP contribution is 2.60. The van der Waals surface area contributed by atoms with E-state index in [1.165, 1.54) is 19.3 Å². The molecule has 0 radical (unpaired) electrons. The Morgan fingerprint density at radius 3 is 2.59 bits per heavy atom. The smallest absolute Gasteiger partial charge is 0.270 e. The molecule has 4 aliphatic rings. The Morgan fingerprint density at radius 1 is 1.21 bits per heavy atom. The Balaban J connectivity index is 1.24. The van der Waals surface area contributed by atoms with Gasteiger partial charge in [-0.05, 0) is 61.1 Å². The third-order valence-electron chi connectivity index (χ3n) is 10.1. The van der Waals surface area contributed by atoms with E-state index in [0.717, 1.165) is 76.1 Å². The van der Waals surface area contributed by atoms with Gasteiger partial charge in [0, 0.05) is 26.3 Å². The number of carbonyl (C=O) groups excluding carboxylic acids is 2. The second-order valence-corrected chi connectivity index (χ2v) is 12.7. The summed E-state index contributed by atoms with van der Waals surface area (Å²) in [5, 5.41) is 10.9. The van der Waals surface area contributed by atoms with Gasteiger partial charge in [0.25, 0.3) is 5.91 Å². The standard InChI is InChI=1S/C30H42N6O3/c1-28(13-14-28)26(22-6-5-7-22)30(20-37,34-27(38)24-10-15-33-35(24)2)19-32-23-8-9-25(31-18-23)36-16-17-39-21-29(36)11-3-4-12-29/h8-10,15,18,20,22,26,32H,3-7,11-14,16-17,19,21H2,1-2H3,(H,34,38). The van der Waals surface area contributed by atoms with Gasteiger partial charge in [-0.3, -0.25) is 9.48 Å². The number of hydrogen-bond acceptors (Lipinski definition) is 7. The number of anilines is 2. The molecule has 3 saturated carbocycles. The molecule has 2 aromatic rings. The Labute approximate surface area is 231 Å². The van der Waals surface area contributed by atoms with Crippen molar-refractivity contribution in [3.63, 3.8) is 0 Å². The van der Waals surface area contributed by atoms with E-state index in [9.17, 15) is 9.59 Å². The van der Waals surface area contributed by atoms with Crippen LogP contribution in [0.2, 0.25) is 0 Å². The lowest BCUT2D eigenvalue weighted by atomic mass is 9.61. The zero-order chi connectivity index (χ0) is 27.1. The van der Waals surface area contributed by atoms with Crippen LogP contribution in [-0.4, -0.2) is 64.3 Å². The van der Waals surface area contributed by atoms with Crippen LogP contribution in [0.15, 0.2) is 30.6 Å². The van der Waals surface area contributed by atoms with Crippen LogP contribution in [0, 0.1) is 17.3 Å². The molecule has 1 amide bonds. The van der Waals surface area contributed by atoms with Crippen molar-refractivity contribution in [1.82, 2.24) is 20.1 Å². The van der Waals surface area contributed by atoms with Crippen molar-refractivity contribution in [3.05, 3.63) is 36.3 Å². The van der Waals surface area contributed by atoms with Crippen molar-refractivity contribution >= 4 is 23.7 Å². The first-order valence-corrected chi connectivity index (χ1v) is 14.7. The highest BCUT2D eigenvalue weighted by atomic mass is 16.5. The molecule has 1 spiro atoms. The van der Waals surface area contributed by atoms with Crippen LogP contribution in [0.25, 0.3) is 0 Å². The van der Waals surface area contributed by atoms with E-state index in [0.29, 0.717) is 18.2 Å². The Kier molecular flexibility index (Phi) is 6.90. The molecule has 1 saturated heterocycles. The molecular weight excluding hydrogens is 492 g/mol. The van der Waals surface area contributed by atoms with E-state index >= 15 is 0 Å². The highest BCUT2D eigenvalue weighted by Gasteiger charge is 2.59. The number of carbonyl (C=O) groups is 2. The summed E-state index contributed by atoms with van der Waals surface area (Å²) in [5.41, 5.74) is 0.392. The summed E-state index contributed by atoms with van der Waals surface area (Å²) < 4.78 is 7.43. The zero-order valence-electron chi connectivity index (χ0n) is 23.3. The van der Waals surface area contributed by atoms with Crippen LogP contribution in [0.1, 0.15) is 75.2 Å². The average Bonchev–Trinajstić information content (AvgIpc) is 3.26. The highest BCUT2D eigenvalue weighted by molar-refractivity contribution is 5.95. The molecule has 4 fully saturated rings. The lowest BCUT2D eigenvalue weighted by molar-refractivity contribution is -0.117. The third kappa shape index (κ3) is 4.83. The van der Waals surface area contributed by atoms with Gasteiger partial charge in [0.1, 0.15) is 23.3 Å². The fraction of sp³-hybridized carbons (Fsp3) is 0.667. The second kappa shape index (κ2) is 10.2. The van der Waals surface area contributed by atoms with E-state index in [-0.39, 0.29) is 22.8 Å². The van der Waals surface area contributed by atoms with E-state index in [1.54, 1.807) is 24.0 Å². The van der Waals surface area contributed by atoms with Gasteiger partial charge < -0.3 is 25.1 Å². The molecule has 3 heterocycles. The van der Waals surface area contributed by atoms with Crippen LogP contribution in [0.5, 0.6) is 0 Å². The summed E-state index contributed by atoms with van der Waals surface area (Å²) >= 11 is 0. The molecule has 1 aliphatic heterocycles. The Morgan fingerprint density at radius 2 is 2.00 bits per heavy atom. The van der Waals surface area contributed by atoms with E-state index in [1.807, 2.05) is 6.20 Å². The Hall–Kier alpha value is -2.94. The third-order valence-corrected chi connectivity index (χ3v) is 10.1. The first kappa shape index (κ1) is 26.3. The minimum atomic E-state index is -1.03. The summed E-state index contributed by atoms with van der Waals surface area (Å²) in [5.74, 6) is 1.22. The predicted octanol–water partition coefficient (Wildman–Crippen LogP) is 3.96. The monoisotopic (exact) mass is 534 g/mol. The van der Waals surface area contributed by atoms with Crippen molar-refractivity contribution in [2.24, 2.45) is 24.3 Å². The van der Waals surface area contributed by atoms with Crippen LogP contribution < -0.4 is 15.5 Å². The molecular formula is C30H42N6O3. The molecule has 2 aromatic heterocycles. The number of ether oxygens (including phenoxy) is 1. The number of morpholine rings is 1. The number of nitrogens with zero attached hydrogens (tertiary/aromatic N) is 4. The molecule has 6 rings (SSSR count). The van der Waals surface area contributed by atoms with Gasteiger partial charge in [-0.1, -0.05) is 39.0 Å². The minimum Gasteiger partial charge on any atom is -0.381 e. The molecule has 2 atom stereocenters. The number of aromatic nitrogens is 3. The number of rotatable bonds is 10. The summed E-state index contributed by atoms with van der Waals surface area (Å²) in [7, 11) is 1.75. The van der Waals surface area contributed by atoms with E-state index in [4.69, 9.17) is 9.72 Å². The molecule has 0 bridgehead atoms. The first-order valence-electron chi connectivity index (χ1n) is 14.7. The van der Waals surface area contributed by atoms with Gasteiger partial charge in [-0.25, -0.2) is 4.98 Å². The second-order valence-electron chi connectivity index (χ2n) is 12.7. The Bertz CT molecular complexity index is 1180. The maximum Gasteiger partial charge on any atom is 0.270 e. The molecule has 2 unspecified atom stereocenters. The SMILES string of the molecule is Cn1nccc1C(=O)NC(C=O)(CNc1ccc(N2CCOCC23CCCC3)nc1)C(C1CCC1)C1(C)CC1. The summed E-state index contributed by atoms with van der Waals surface area (Å²) in [6, 6.07) is 5.83. The fourth-order valence-corrected chi connectivity index (χ4v) is 7.58. The van der Waals surface area contributed by atoms with Crippen LogP contribution >= 0.6 is 0 Å². The van der Waals surface area contributed by atoms with Crippen LogP contribution in [0.3, 0.4) is 0 Å². The van der Waals surface area contributed by atoms with Crippen molar-refractivity contribution in [2.75, 3.05) is 36.5 Å². The number of nitrogens with one attached hydrogen (secondary N) is 2. The number of aryl methyl sites for hydroxylation is 1. The first-order chi connectivity index (χ1) is 18.9. The van der Waals surface area contributed by atoms with Gasteiger partial charge in [0.2, 0.25) is 0 Å². The van der Waals surface area contributed by atoms with Gasteiger partial charge in [0.05, 0.1) is 30.6 Å². The quantitative estimate of drug-likeness (QED) is 0.445. The van der Waals surface area contributed by atoms with E-state index in [2.05, 4.69) is 39.7 Å². The molecule has 210 valence electrons. The minimum absolute atomic E-state index is 0.0570. The van der Waals surface area contributed by atoms with Crippen molar-refractivity contribution in [2.45, 2.75) is 75.8 Å². The van der Waals surface area contributed by atoms with Crippen molar-refractivity contribution in [1.29, 1.82) is 0 Å². The van der Waals surface area contributed by atoms with Gasteiger partial charge >= 0.3 is 0 Å². The average molecular weight is 535 g/mol. The van der Waals surface area contributed by atoms with Crippen LogP contribution in [0.4, 0.5) is 11.5 Å². The lowest BCUT2D eigenvalue weighted by Crippen LogP contribution is -2.64. The molecule has 9 nitrogen and oxygen atoms in total. The maximum absolute atomic E-state index is 13.4. The number of hydrogen-bond donors (Lipinski definition) is 2. The predicted molar refractivity (Wildman–Crippen MR) is 150 cm³/mol. The van der Waals surface area contributed by atoms with E-state index < -0.39 is 5.54 Å². The van der Waals surface area contributed by atoms with Crippen LogP contribution in [-0.2, 0) is 16.6 Å². The number of pyridine rings is 1. The fourth-order valence-electron chi connectivity index (χ4n) is 7.58. The number of amides is 1. The molecule has 3 aliphatic carbocycles. The molecule has 39 heavy (non-hydrogen) atoms. The summed E-state index contributed by atoms with van der Waals surface area (Å²) in [6.45, 7) is 4.95. The van der Waals surface area contributed by atoms with Gasteiger partial charge in [0.15, 0.2) is 0 Å². The zero-order valence-corrected chi connectivity index (χ0v) is 23.3. The maximum atomic E-state index is 13.4. The summed E-state index contributed by atoms with van der Waals surface area (Å²) in [6.07, 6.45) is 14.8. The van der Waals surface area contributed by atoms with Gasteiger partial charge in [-0.2, -0.15) is 5.10 Å². The van der Waals surface area contributed by atoms with Crippen molar-refractivity contribution in [3.8, 4) is 0 Å². The topological polar surface area (TPSA) is 101 Å². The largest absolute Gasteiger partial charge is 0.381 e. The molecule has 9 heteroatoms. The van der Waals surface area contributed by atoms with Gasteiger partial charge in [-0.15, -0.1) is 0 Å². The summed E-state index contributed by atoms with van der Waals surface area (Å²) in [4.78, 5) is 33.8. The van der Waals surface area contributed by atoms with Crippen molar-refractivity contribution < 1.29 is 14.3 Å². The lowest BCUT2D eigenvalue weighted by Gasteiger charge is -2.48. The molecule has 0 aromatic carbocycles. The molecule has 2 N–H and O–H groups in total. The number of aldehydes is 1. The normalized spacial score (nSPS) is 24.0.